The Morgan fingerprint density at radius 2 is 1.65 bits per heavy atom. The minimum Gasteiger partial charge on any atom is -0.352 e. The molecule has 7 nitrogen and oxygen atoms in total. The second-order valence-electron chi connectivity index (χ2n) is 9.28. The van der Waals surface area contributed by atoms with Gasteiger partial charge in [-0.15, -0.1) is 0 Å². The first-order chi connectivity index (χ1) is 17.5. The summed E-state index contributed by atoms with van der Waals surface area (Å²) in [6.07, 6.45) is 6.47. The van der Waals surface area contributed by atoms with Crippen LogP contribution in [0.2, 0.25) is 15.1 Å². The van der Waals surface area contributed by atoms with E-state index in [4.69, 9.17) is 34.8 Å². The Hall–Kier alpha value is -2.00. The van der Waals surface area contributed by atoms with Crippen LogP contribution in [0.25, 0.3) is 0 Å². The molecule has 0 spiro atoms. The number of hydrogen-bond donors (Lipinski definition) is 1. The number of hydrogen-bond acceptors (Lipinski definition) is 4. The highest BCUT2D eigenvalue weighted by Gasteiger charge is 2.33. The van der Waals surface area contributed by atoms with Gasteiger partial charge in [-0.3, -0.25) is 13.9 Å². The number of amides is 2. The number of sulfonamides is 1. The Kier molecular flexibility index (Phi) is 10.5. The van der Waals surface area contributed by atoms with Gasteiger partial charge in [0, 0.05) is 17.6 Å². The number of halogens is 3. The van der Waals surface area contributed by atoms with Crippen molar-refractivity contribution in [2.24, 2.45) is 0 Å². The molecule has 202 valence electrons. The zero-order valence-electron chi connectivity index (χ0n) is 20.9. The molecule has 0 radical (unpaired) electrons. The van der Waals surface area contributed by atoms with Crippen molar-refractivity contribution in [3.63, 3.8) is 0 Å². The molecule has 0 bridgehead atoms. The summed E-state index contributed by atoms with van der Waals surface area (Å²) in [6, 6.07) is 10.6. The largest absolute Gasteiger partial charge is 0.352 e. The molecule has 2 aromatic rings. The van der Waals surface area contributed by atoms with Gasteiger partial charge in [0.2, 0.25) is 21.8 Å². The molecule has 1 saturated carbocycles. The van der Waals surface area contributed by atoms with Crippen LogP contribution >= 0.6 is 34.8 Å². The molecule has 0 saturated heterocycles. The van der Waals surface area contributed by atoms with E-state index in [0.717, 1.165) is 48.2 Å². The Morgan fingerprint density at radius 1 is 1.00 bits per heavy atom. The highest BCUT2D eigenvalue weighted by molar-refractivity contribution is 7.92. The molecule has 1 fully saturated rings. The van der Waals surface area contributed by atoms with Crippen LogP contribution in [0.3, 0.4) is 0 Å². The summed E-state index contributed by atoms with van der Waals surface area (Å²) in [5.41, 5.74) is 0.971. The molecule has 0 aliphatic heterocycles. The first kappa shape index (κ1) is 29.6. The van der Waals surface area contributed by atoms with Gasteiger partial charge in [0.25, 0.3) is 0 Å². The molecule has 0 unspecified atom stereocenters. The fourth-order valence-corrected chi connectivity index (χ4v) is 5.76. The molecule has 11 heteroatoms. The number of anilines is 1. The Balaban J connectivity index is 1.92. The summed E-state index contributed by atoms with van der Waals surface area (Å²) in [7, 11) is -3.86. The fourth-order valence-electron chi connectivity index (χ4n) is 4.50. The minimum atomic E-state index is -3.86. The SMILES string of the molecule is CC[C@@H](C(=O)NC1CCCCC1)N(Cc1ccc(Cl)cc1)C(=O)CN(c1ccc(Cl)c(Cl)c1)S(C)(=O)=O. The van der Waals surface area contributed by atoms with E-state index >= 15 is 0 Å². The lowest BCUT2D eigenvalue weighted by molar-refractivity contribution is -0.140. The topological polar surface area (TPSA) is 86.8 Å². The third kappa shape index (κ3) is 8.24. The molecule has 0 heterocycles. The normalized spacial score (nSPS) is 15.2. The summed E-state index contributed by atoms with van der Waals surface area (Å²) in [5, 5.41) is 4.09. The highest BCUT2D eigenvalue weighted by atomic mass is 35.5. The van der Waals surface area contributed by atoms with Crippen LogP contribution in [0.1, 0.15) is 51.0 Å². The van der Waals surface area contributed by atoms with Gasteiger partial charge >= 0.3 is 0 Å². The number of nitrogens with zero attached hydrogens (tertiary/aromatic N) is 2. The van der Waals surface area contributed by atoms with Gasteiger partial charge in [-0.1, -0.05) is 73.1 Å². The molecular weight excluding hydrogens is 557 g/mol. The lowest BCUT2D eigenvalue weighted by atomic mass is 9.95. The van der Waals surface area contributed by atoms with Crippen molar-refractivity contribution in [3.05, 3.63) is 63.1 Å². The molecule has 1 aliphatic carbocycles. The number of nitrogens with one attached hydrogen (secondary N) is 1. The van der Waals surface area contributed by atoms with Crippen LogP contribution in [0, 0.1) is 0 Å². The second kappa shape index (κ2) is 13.2. The van der Waals surface area contributed by atoms with Crippen LogP contribution in [-0.4, -0.2) is 50.0 Å². The van der Waals surface area contributed by atoms with Crippen LogP contribution in [-0.2, 0) is 26.2 Å². The maximum atomic E-state index is 13.7. The molecule has 1 aliphatic rings. The van der Waals surface area contributed by atoms with Gasteiger partial charge in [0.05, 0.1) is 22.0 Å². The lowest BCUT2D eigenvalue weighted by Crippen LogP contribution is -2.53. The van der Waals surface area contributed by atoms with Gasteiger partial charge < -0.3 is 10.2 Å². The van der Waals surface area contributed by atoms with Crippen molar-refractivity contribution in [1.82, 2.24) is 10.2 Å². The quantitative estimate of drug-likeness (QED) is 0.388. The Labute approximate surface area is 234 Å². The van der Waals surface area contributed by atoms with E-state index in [1.165, 1.54) is 23.1 Å². The van der Waals surface area contributed by atoms with Crippen LogP contribution in [0.15, 0.2) is 42.5 Å². The second-order valence-corrected chi connectivity index (χ2v) is 12.4. The fraction of sp³-hybridized carbons (Fsp3) is 0.462. The smallest absolute Gasteiger partial charge is 0.244 e. The first-order valence-corrected chi connectivity index (χ1v) is 15.2. The van der Waals surface area contributed by atoms with Crippen molar-refractivity contribution in [2.45, 2.75) is 64.1 Å². The van der Waals surface area contributed by atoms with Crippen LogP contribution in [0.5, 0.6) is 0 Å². The third-order valence-corrected chi connectivity index (χ3v) is 8.61. The summed E-state index contributed by atoms with van der Waals surface area (Å²) >= 11 is 18.2. The predicted octanol–water partition coefficient (Wildman–Crippen LogP) is 5.67. The Bertz CT molecular complexity index is 1200. The summed E-state index contributed by atoms with van der Waals surface area (Å²) in [5.74, 6) is -0.755. The van der Waals surface area contributed by atoms with Crippen LogP contribution < -0.4 is 9.62 Å². The number of carbonyl (C=O) groups is 2. The van der Waals surface area contributed by atoms with Gasteiger partial charge in [-0.25, -0.2) is 8.42 Å². The monoisotopic (exact) mass is 587 g/mol. The van der Waals surface area contributed by atoms with Crippen LogP contribution in [0.4, 0.5) is 5.69 Å². The standard InChI is InChI=1S/C26H32Cl3N3O4S/c1-3-24(26(34)30-20-7-5-4-6-8-20)31(16-18-9-11-19(27)12-10-18)25(33)17-32(37(2,35)36)21-13-14-22(28)23(29)15-21/h9-15,20,24H,3-8,16-17H2,1-2H3,(H,30,34)/t24-/m0/s1. The highest BCUT2D eigenvalue weighted by Crippen LogP contribution is 2.29. The number of rotatable bonds is 10. The average molecular weight is 589 g/mol. The summed E-state index contributed by atoms with van der Waals surface area (Å²) in [4.78, 5) is 28.6. The minimum absolute atomic E-state index is 0.0755. The molecule has 2 aromatic carbocycles. The van der Waals surface area contributed by atoms with Gasteiger partial charge in [0.1, 0.15) is 12.6 Å². The zero-order valence-corrected chi connectivity index (χ0v) is 24.0. The zero-order chi connectivity index (χ0) is 27.2. The molecule has 3 rings (SSSR count). The maximum absolute atomic E-state index is 13.7. The maximum Gasteiger partial charge on any atom is 0.244 e. The molecule has 1 N–H and O–H groups in total. The van der Waals surface area contributed by atoms with Crippen molar-refractivity contribution in [2.75, 3.05) is 17.1 Å². The predicted molar refractivity (Wildman–Crippen MR) is 150 cm³/mol. The van der Waals surface area contributed by atoms with E-state index in [2.05, 4.69) is 5.32 Å². The molecule has 0 aromatic heterocycles. The van der Waals surface area contributed by atoms with E-state index in [1.807, 2.05) is 6.92 Å². The third-order valence-electron chi connectivity index (χ3n) is 6.47. The molecule has 2 amide bonds. The molecule has 1 atom stereocenters. The van der Waals surface area contributed by atoms with E-state index < -0.39 is 28.5 Å². The van der Waals surface area contributed by atoms with E-state index in [9.17, 15) is 18.0 Å². The average Bonchev–Trinajstić information content (AvgIpc) is 2.85. The Morgan fingerprint density at radius 3 is 2.22 bits per heavy atom. The van der Waals surface area contributed by atoms with Gasteiger partial charge in [0.15, 0.2) is 0 Å². The van der Waals surface area contributed by atoms with Crippen molar-refractivity contribution >= 4 is 62.3 Å². The molecular formula is C26H32Cl3N3O4S. The van der Waals surface area contributed by atoms with Gasteiger partial charge in [-0.2, -0.15) is 0 Å². The number of benzene rings is 2. The lowest BCUT2D eigenvalue weighted by Gasteiger charge is -2.34. The van der Waals surface area contributed by atoms with E-state index in [1.54, 1.807) is 24.3 Å². The van der Waals surface area contributed by atoms with E-state index in [0.29, 0.717) is 11.4 Å². The number of carbonyl (C=O) groups excluding carboxylic acids is 2. The van der Waals surface area contributed by atoms with Crippen molar-refractivity contribution in [3.8, 4) is 0 Å². The molecule has 37 heavy (non-hydrogen) atoms. The first-order valence-electron chi connectivity index (χ1n) is 12.3. The van der Waals surface area contributed by atoms with Crippen molar-refractivity contribution in [1.29, 1.82) is 0 Å². The summed E-state index contributed by atoms with van der Waals surface area (Å²) < 4.78 is 26.4. The van der Waals surface area contributed by atoms with E-state index in [-0.39, 0.29) is 34.2 Å². The van der Waals surface area contributed by atoms with Gasteiger partial charge in [-0.05, 0) is 55.2 Å². The summed E-state index contributed by atoms with van der Waals surface area (Å²) in [6.45, 7) is 1.45. The van der Waals surface area contributed by atoms with Crippen molar-refractivity contribution < 1.29 is 18.0 Å².